The molecule has 0 spiro atoms. The molecule has 0 fully saturated rings. The van der Waals surface area contributed by atoms with Gasteiger partial charge in [-0.1, -0.05) is 29.8 Å². The van der Waals surface area contributed by atoms with Gasteiger partial charge in [0.1, 0.15) is 0 Å². The molecule has 0 unspecified atom stereocenters. The maximum absolute atomic E-state index is 5.57. The van der Waals surface area contributed by atoms with E-state index >= 15 is 0 Å². The lowest BCUT2D eigenvalue weighted by atomic mass is 10.1. The van der Waals surface area contributed by atoms with Crippen molar-refractivity contribution in [1.82, 2.24) is 9.78 Å². The SMILES string of the molecule is Cc1ccc(Cn2cc(N)cn2)cc1.[Cl-]. The second kappa shape index (κ2) is 4.84. The fraction of sp³-hybridized carbons (Fsp3) is 0.182. The fourth-order valence-corrected chi connectivity index (χ4v) is 1.35. The first-order valence-electron chi connectivity index (χ1n) is 4.57. The Kier molecular flexibility index (Phi) is 3.74. The summed E-state index contributed by atoms with van der Waals surface area (Å²) in [6.45, 7) is 2.85. The largest absolute Gasteiger partial charge is 1.00 e. The van der Waals surface area contributed by atoms with Crippen LogP contribution in [0.5, 0.6) is 0 Å². The van der Waals surface area contributed by atoms with E-state index in [9.17, 15) is 0 Å². The van der Waals surface area contributed by atoms with Gasteiger partial charge in [0.05, 0.1) is 18.4 Å². The van der Waals surface area contributed by atoms with Gasteiger partial charge in [-0.15, -0.1) is 0 Å². The Balaban J connectivity index is 0.00000112. The minimum atomic E-state index is 0. The van der Waals surface area contributed by atoms with Crippen LogP contribution in [0.15, 0.2) is 36.7 Å². The maximum Gasteiger partial charge on any atom is 0.0719 e. The number of nitrogens with two attached hydrogens (primary N) is 1. The van der Waals surface area contributed by atoms with Crippen molar-refractivity contribution in [2.45, 2.75) is 13.5 Å². The number of nitrogens with zero attached hydrogens (tertiary/aromatic N) is 2. The van der Waals surface area contributed by atoms with Crippen molar-refractivity contribution in [3.05, 3.63) is 47.8 Å². The van der Waals surface area contributed by atoms with Crippen molar-refractivity contribution in [2.75, 3.05) is 5.73 Å². The van der Waals surface area contributed by atoms with Crippen LogP contribution in [-0.4, -0.2) is 9.78 Å². The predicted molar refractivity (Wildman–Crippen MR) is 56.9 cm³/mol. The van der Waals surface area contributed by atoms with Gasteiger partial charge in [0, 0.05) is 6.20 Å². The van der Waals surface area contributed by atoms with Crippen molar-refractivity contribution in [3.8, 4) is 0 Å². The second-order valence-corrected chi connectivity index (χ2v) is 3.46. The van der Waals surface area contributed by atoms with Gasteiger partial charge in [-0.25, -0.2) is 0 Å². The highest BCUT2D eigenvalue weighted by atomic mass is 35.5. The quantitative estimate of drug-likeness (QED) is 0.696. The van der Waals surface area contributed by atoms with E-state index < -0.39 is 0 Å². The van der Waals surface area contributed by atoms with Gasteiger partial charge in [0.2, 0.25) is 0 Å². The first-order chi connectivity index (χ1) is 6.74. The van der Waals surface area contributed by atoms with Gasteiger partial charge in [0.25, 0.3) is 0 Å². The summed E-state index contributed by atoms with van der Waals surface area (Å²) in [7, 11) is 0. The lowest BCUT2D eigenvalue weighted by molar-refractivity contribution is -0.00000305. The van der Waals surface area contributed by atoms with E-state index in [0.717, 1.165) is 6.54 Å². The van der Waals surface area contributed by atoms with Gasteiger partial charge in [-0.3, -0.25) is 4.68 Å². The monoisotopic (exact) mass is 222 g/mol. The van der Waals surface area contributed by atoms with Crippen LogP contribution in [0.3, 0.4) is 0 Å². The third-order valence-corrected chi connectivity index (χ3v) is 2.12. The summed E-state index contributed by atoms with van der Waals surface area (Å²) in [4.78, 5) is 0. The van der Waals surface area contributed by atoms with E-state index in [0.29, 0.717) is 5.69 Å². The zero-order valence-corrected chi connectivity index (χ0v) is 9.28. The number of aryl methyl sites for hydroxylation is 1. The second-order valence-electron chi connectivity index (χ2n) is 3.46. The molecule has 0 aliphatic rings. The molecule has 2 rings (SSSR count). The molecule has 80 valence electrons. The fourth-order valence-electron chi connectivity index (χ4n) is 1.35. The Morgan fingerprint density at radius 2 is 1.93 bits per heavy atom. The summed E-state index contributed by atoms with van der Waals surface area (Å²) >= 11 is 0. The standard InChI is InChI=1S/C11H13N3.ClH/c1-9-2-4-10(5-3-9)7-14-8-11(12)6-13-14;/h2-6,8H,7,12H2,1H3;1H/p-1. The molecule has 0 radical (unpaired) electrons. The van der Waals surface area contributed by atoms with Crippen LogP contribution in [0.25, 0.3) is 0 Å². The highest BCUT2D eigenvalue weighted by Gasteiger charge is 1.96. The van der Waals surface area contributed by atoms with Crippen molar-refractivity contribution < 1.29 is 12.4 Å². The summed E-state index contributed by atoms with van der Waals surface area (Å²) in [5, 5.41) is 4.13. The number of anilines is 1. The molecule has 0 amide bonds. The molecule has 2 N–H and O–H groups in total. The smallest absolute Gasteiger partial charge is 0.0719 e. The normalized spacial score (nSPS) is 9.67. The molecule has 1 heterocycles. The first kappa shape index (κ1) is 11.6. The van der Waals surface area contributed by atoms with Crippen molar-refractivity contribution >= 4 is 5.69 Å². The molecule has 15 heavy (non-hydrogen) atoms. The van der Waals surface area contributed by atoms with Crippen molar-refractivity contribution in [2.24, 2.45) is 0 Å². The van der Waals surface area contributed by atoms with Gasteiger partial charge >= 0.3 is 0 Å². The van der Waals surface area contributed by atoms with Crippen LogP contribution in [-0.2, 0) is 6.54 Å². The molecular weight excluding hydrogens is 210 g/mol. The van der Waals surface area contributed by atoms with E-state index in [1.807, 2.05) is 10.9 Å². The summed E-state index contributed by atoms with van der Waals surface area (Å²) in [6, 6.07) is 8.41. The molecule has 1 aromatic carbocycles. The number of nitrogen functional groups attached to an aromatic ring is 1. The molecule has 0 saturated heterocycles. The average molecular weight is 223 g/mol. The highest BCUT2D eigenvalue weighted by molar-refractivity contribution is 5.31. The molecule has 1 aromatic heterocycles. The molecule has 3 nitrogen and oxygen atoms in total. The van der Waals surface area contributed by atoms with Gasteiger partial charge < -0.3 is 18.1 Å². The third kappa shape index (κ3) is 2.99. The van der Waals surface area contributed by atoms with Gasteiger partial charge in [-0.2, -0.15) is 5.10 Å². The molecule has 0 aliphatic heterocycles. The summed E-state index contributed by atoms with van der Waals surface area (Å²) < 4.78 is 1.83. The Labute approximate surface area is 95.3 Å². The Morgan fingerprint density at radius 1 is 1.27 bits per heavy atom. The Morgan fingerprint density at radius 3 is 2.47 bits per heavy atom. The summed E-state index contributed by atoms with van der Waals surface area (Å²) in [5.41, 5.74) is 8.79. The maximum atomic E-state index is 5.57. The van der Waals surface area contributed by atoms with Crippen LogP contribution in [0, 0.1) is 6.92 Å². The van der Waals surface area contributed by atoms with Crippen molar-refractivity contribution in [1.29, 1.82) is 0 Å². The summed E-state index contributed by atoms with van der Waals surface area (Å²) in [5.74, 6) is 0. The topological polar surface area (TPSA) is 43.8 Å². The molecule has 4 heteroatoms. The van der Waals surface area contributed by atoms with E-state index in [2.05, 4.69) is 36.3 Å². The van der Waals surface area contributed by atoms with E-state index in [1.54, 1.807) is 6.20 Å². The highest BCUT2D eigenvalue weighted by Crippen LogP contribution is 2.06. The predicted octanol–water partition coefficient (Wildman–Crippen LogP) is -1.17. The number of benzene rings is 1. The minimum Gasteiger partial charge on any atom is -1.00 e. The van der Waals surface area contributed by atoms with E-state index in [1.165, 1.54) is 11.1 Å². The van der Waals surface area contributed by atoms with Crippen LogP contribution in [0.4, 0.5) is 5.69 Å². The van der Waals surface area contributed by atoms with Crippen LogP contribution >= 0.6 is 0 Å². The molecule has 0 saturated carbocycles. The number of hydrogen-bond acceptors (Lipinski definition) is 2. The summed E-state index contributed by atoms with van der Waals surface area (Å²) in [6.07, 6.45) is 3.49. The Bertz CT molecular complexity index is 420. The number of hydrogen-bond donors (Lipinski definition) is 1. The lowest BCUT2D eigenvalue weighted by Gasteiger charge is -2.01. The number of aromatic nitrogens is 2. The molecule has 0 aliphatic carbocycles. The van der Waals surface area contributed by atoms with Crippen LogP contribution in [0.1, 0.15) is 11.1 Å². The lowest BCUT2D eigenvalue weighted by Crippen LogP contribution is -3.00. The van der Waals surface area contributed by atoms with E-state index in [-0.39, 0.29) is 12.4 Å². The first-order valence-corrected chi connectivity index (χ1v) is 4.57. The van der Waals surface area contributed by atoms with Gasteiger partial charge in [0.15, 0.2) is 0 Å². The zero-order valence-electron chi connectivity index (χ0n) is 8.52. The molecule has 0 bridgehead atoms. The number of halogens is 1. The van der Waals surface area contributed by atoms with E-state index in [4.69, 9.17) is 5.73 Å². The van der Waals surface area contributed by atoms with Gasteiger partial charge in [-0.05, 0) is 12.5 Å². The minimum absolute atomic E-state index is 0. The molecular formula is C11H13ClN3-. The zero-order chi connectivity index (χ0) is 9.97. The molecule has 2 aromatic rings. The third-order valence-electron chi connectivity index (χ3n) is 2.12. The van der Waals surface area contributed by atoms with Crippen LogP contribution in [0.2, 0.25) is 0 Å². The van der Waals surface area contributed by atoms with Crippen molar-refractivity contribution in [3.63, 3.8) is 0 Å². The number of rotatable bonds is 2. The van der Waals surface area contributed by atoms with Crippen LogP contribution < -0.4 is 18.1 Å². The molecule has 0 atom stereocenters. The average Bonchev–Trinajstić information content (AvgIpc) is 2.56. The Hall–Kier alpha value is -1.48.